The summed E-state index contributed by atoms with van der Waals surface area (Å²) < 4.78 is 38.3. The maximum absolute atomic E-state index is 13.0. The van der Waals surface area contributed by atoms with Gasteiger partial charge in [0.15, 0.2) is 0 Å². The van der Waals surface area contributed by atoms with Crippen LogP contribution in [0.2, 0.25) is 0 Å². The average Bonchev–Trinajstić information content (AvgIpc) is 3.34. The Labute approximate surface area is 181 Å². The van der Waals surface area contributed by atoms with Gasteiger partial charge in [-0.2, -0.15) is 4.31 Å². The Balaban J connectivity index is 1.37. The lowest BCUT2D eigenvalue weighted by Gasteiger charge is -2.33. The zero-order valence-electron chi connectivity index (χ0n) is 17.3. The van der Waals surface area contributed by atoms with Gasteiger partial charge in [0.2, 0.25) is 15.9 Å². The molecule has 30 heavy (non-hydrogen) atoms. The summed E-state index contributed by atoms with van der Waals surface area (Å²) >= 11 is 1.52. The lowest BCUT2D eigenvalue weighted by Crippen LogP contribution is -2.48. The van der Waals surface area contributed by atoms with Gasteiger partial charge in [-0.3, -0.25) is 4.90 Å². The van der Waals surface area contributed by atoms with E-state index in [1.807, 2.05) is 38.1 Å². The first-order chi connectivity index (χ1) is 14.4. The largest absolute Gasteiger partial charge is 0.497 e. The first kappa shape index (κ1) is 21.0. The minimum absolute atomic E-state index is 0.444. The Bertz CT molecular complexity index is 1110. The highest BCUT2D eigenvalue weighted by molar-refractivity contribution is 7.89. The number of methoxy groups -OCH3 is 1. The van der Waals surface area contributed by atoms with Crippen LogP contribution >= 0.6 is 11.3 Å². The van der Waals surface area contributed by atoms with Crippen molar-refractivity contribution in [3.8, 4) is 17.2 Å². The van der Waals surface area contributed by atoms with E-state index >= 15 is 0 Å². The number of aryl methyl sites for hydroxylation is 2. The summed E-state index contributed by atoms with van der Waals surface area (Å²) in [6.07, 6.45) is 1.67. The molecule has 1 aliphatic rings. The number of piperazine rings is 1. The van der Waals surface area contributed by atoms with Gasteiger partial charge >= 0.3 is 0 Å². The van der Waals surface area contributed by atoms with Crippen molar-refractivity contribution in [1.29, 1.82) is 0 Å². The highest BCUT2D eigenvalue weighted by Crippen LogP contribution is 2.28. The zero-order valence-corrected chi connectivity index (χ0v) is 18.9. The SMILES string of the molecule is COc1ccc(-c2nc(CN3CCN(S(=O)(=O)c4cc(C)sc4C)CC3)co2)cc1. The average molecular weight is 448 g/mol. The third-order valence-electron chi connectivity index (χ3n) is 5.22. The quantitative estimate of drug-likeness (QED) is 0.575. The fourth-order valence-electron chi connectivity index (χ4n) is 3.61. The number of nitrogens with zero attached hydrogens (tertiary/aromatic N) is 3. The summed E-state index contributed by atoms with van der Waals surface area (Å²) in [6.45, 7) is 6.70. The van der Waals surface area contributed by atoms with Crippen LogP contribution in [0, 0.1) is 13.8 Å². The number of aromatic nitrogens is 1. The maximum Gasteiger partial charge on any atom is 0.244 e. The van der Waals surface area contributed by atoms with Gasteiger partial charge in [0.1, 0.15) is 12.0 Å². The standard InChI is InChI=1S/C21H25N3O4S2/c1-15-12-20(16(2)29-15)30(25,26)24-10-8-23(9-11-24)13-18-14-28-21(22-18)17-4-6-19(27-3)7-5-17/h4-7,12,14H,8-11,13H2,1-3H3. The van der Waals surface area contributed by atoms with Crippen LogP contribution in [0.25, 0.3) is 11.5 Å². The molecule has 4 rings (SSSR count). The molecule has 0 spiro atoms. The number of rotatable bonds is 6. The van der Waals surface area contributed by atoms with Crippen molar-refractivity contribution < 1.29 is 17.6 Å². The van der Waals surface area contributed by atoms with Crippen LogP contribution < -0.4 is 4.74 Å². The van der Waals surface area contributed by atoms with Gasteiger partial charge in [-0.05, 0) is 44.2 Å². The smallest absolute Gasteiger partial charge is 0.244 e. The number of hydrogen-bond acceptors (Lipinski definition) is 7. The first-order valence-corrected chi connectivity index (χ1v) is 12.0. The fraction of sp³-hybridized carbons (Fsp3) is 0.381. The van der Waals surface area contributed by atoms with Crippen molar-refractivity contribution in [3.05, 3.63) is 52.0 Å². The summed E-state index contributed by atoms with van der Waals surface area (Å²) in [5, 5.41) is 0. The normalized spacial score (nSPS) is 16.1. The molecule has 0 saturated carbocycles. The van der Waals surface area contributed by atoms with Crippen molar-refractivity contribution >= 4 is 21.4 Å². The third kappa shape index (κ3) is 4.29. The molecule has 1 aromatic carbocycles. The van der Waals surface area contributed by atoms with Gasteiger partial charge in [0.25, 0.3) is 0 Å². The first-order valence-electron chi connectivity index (χ1n) is 9.75. The van der Waals surface area contributed by atoms with Crippen molar-refractivity contribution in [2.24, 2.45) is 0 Å². The summed E-state index contributed by atoms with van der Waals surface area (Å²) in [6, 6.07) is 9.33. The molecule has 9 heteroatoms. The van der Waals surface area contributed by atoms with E-state index in [1.54, 1.807) is 23.7 Å². The summed E-state index contributed by atoms with van der Waals surface area (Å²) in [5.41, 5.74) is 1.72. The van der Waals surface area contributed by atoms with Crippen LogP contribution in [0.3, 0.4) is 0 Å². The lowest BCUT2D eigenvalue weighted by molar-refractivity contribution is 0.180. The number of oxazole rings is 1. The topological polar surface area (TPSA) is 75.9 Å². The molecule has 3 aromatic rings. The molecule has 1 fully saturated rings. The molecule has 0 aliphatic carbocycles. The van der Waals surface area contributed by atoms with E-state index in [0.717, 1.165) is 26.8 Å². The molecular weight excluding hydrogens is 422 g/mol. The molecule has 2 aromatic heterocycles. The predicted molar refractivity (Wildman–Crippen MR) is 116 cm³/mol. The van der Waals surface area contributed by atoms with E-state index in [2.05, 4.69) is 9.88 Å². The van der Waals surface area contributed by atoms with Crippen molar-refractivity contribution in [2.75, 3.05) is 33.3 Å². The molecule has 1 saturated heterocycles. The molecule has 0 atom stereocenters. The molecule has 0 bridgehead atoms. The van der Waals surface area contributed by atoms with Crippen molar-refractivity contribution in [3.63, 3.8) is 0 Å². The number of hydrogen-bond donors (Lipinski definition) is 0. The van der Waals surface area contributed by atoms with Gasteiger partial charge in [-0.15, -0.1) is 11.3 Å². The predicted octanol–water partition coefficient (Wildman–Crippen LogP) is 3.54. The van der Waals surface area contributed by atoms with Gasteiger partial charge in [-0.1, -0.05) is 0 Å². The highest BCUT2D eigenvalue weighted by Gasteiger charge is 2.30. The number of ether oxygens (including phenoxy) is 1. The molecule has 1 aliphatic heterocycles. The monoisotopic (exact) mass is 447 g/mol. The Hall–Kier alpha value is -2.20. The van der Waals surface area contributed by atoms with E-state index in [4.69, 9.17) is 9.15 Å². The Morgan fingerprint density at radius 2 is 1.83 bits per heavy atom. The third-order valence-corrected chi connectivity index (χ3v) is 8.34. The second kappa shape index (κ2) is 8.50. The maximum atomic E-state index is 13.0. The molecule has 160 valence electrons. The Morgan fingerprint density at radius 3 is 2.43 bits per heavy atom. The Kier molecular flexibility index (Phi) is 5.97. The van der Waals surface area contributed by atoms with E-state index in [0.29, 0.717) is 43.5 Å². The van der Waals surface area contributed by atoms with Crippen LogP contribution in [-0.4, -0.2) is 55.9 Å². The van der Waals surface area contributed by atoms with E-state index in [9.17, 15) is 8.42 Å². The molecule has 3 heterocycles. The lowest BCUT2D eigenvalue weighted by atomic mass is 10.2. The van der Waals surface area contributed by atoms with E-state index in [1.165, 1.54) is 11.3 Å². The summed E-state index contributed by atoms with van der Waals surface area (Å²) in [5.74, 6) is 1.35. The van der Waals surface area contributed by atoms with E-state index < -0.39 is 10.0 Å². The van der Waals surface area contributed by atoms with Crippen molar-refractivity contribution in [2.45, 2.75) is 25.3 Å². The van der Waals surface area contributed by atoms with E-state index in [-0.39, 0.29) is 0 Å². The molecule has 0 N–H and O–H groups in total. The Morgan fingerprint density at radius 1 is 1.13 bits per heavy atom. The molecule has 7 nitrogen and oxygen atoms in total. The van der Waals surface area contributed by atoms with Gasteiger partial charge in [0.05, 0.1) is 17.7 Å². The van der Waals surface area contributed by atoms with Crippen LogP contribution in [0.15, 0.2) is 45.9 Å². The number of benzene rings is 1. The summed E-state index contributed by atoms with van der Waals surface area (Å²) in [7, 11) is -1.80. The minimum Gasteiger partial charge on any atom is -0.497 e. The van der Waals surface area contributed by atoms with Crippen LogP contribution in [0.4, 0.5) is 0 Å². The fourth-order valence-corrected chi connectivity index (χ4v) is 6.55. The van der Waals surface area contributed by atoms with Crippen LogP contribution in [0.1, 0.15) is 15.4 Å². The molecular formula is C21H25N3O4S2. The molecule has 0 unspecified atom stereocenters. The summed E-state index contributed by atoms with van der Waals surface area (Å²) in [4.78, 5) is 9.09. The highest BCUT2D eigenvalue weighted by atomic mass is 32.2. The van der Waals surface area contributed by atoms with Gasteiger partial charge in [-0.25, -0.2) is 13.4 Å². The number of sulfonamides is 1. The number of thiophene rings is 1. The second-order valence-electron chi connectivity index (χ2n) is 7.33. The second-order valence-corrected chi connectivity index (χ2v) is 10.7. The molecule has 0 amide bonds. The van der Waals surface area contributed by atoms with Crippen molar-refractivity contribution in [1.82, 2.24) is 14.2 Å². The molecule has 0 radical (unpaired) electrons. The minimum atomic E-state index is -3.43. The van der Waals surface area contributed by atoms with Gasteiger partial charge in [0, 0.05) is 48.0 Å². The van der Waals surface area contributed by atoms with Gasteiger partial charge < -0.3 is 9.15 Å². The van der Waals surface area contributed by atoms with Crippen LogP contribution in [0.5, 0.6) is 5.75 Å². The van der Waals surface area contributed by atoms with Crippen LogP contribution in [-0.2, 0) is 16.6 Å². The zero-order chi connectivity index (χ0) is 21.3.